The van der Waals surface area contributed by atoms with Crippen LogP contribution in [-0.2, 0) is 11.3 Å². The van der Waals surface area contributed by atoms with Crippen molar-refractivity contribution >= 4 is 5.97 Å². The lowest BCUT2D eigenvalue weighted by Gasteiger charge is -2.22. The molecule has 1 aromatic rings. The Labute approximate surface area is 105 Å². The largest absolute Gasteiger partial charge is 0.478 e. The van der Waals surface area contributed by atoms with Gasteiger partial charge in [0.05, 0.1) is 18.8 Å². The number of nitrogens with zero attached hydrogens (tertiary/aromatic N) is 1. The third kappa shape index (κ3) is 3.54. The quantitative estimate of drug-likeness (QED) is 0.747. The molecule has 0 amide bonds. The number of ether oxygens (including phenoxy) is 1. The van der Waals surface area contributed by atoms with E-state index in [1.54, 1.807) is 0 Å². The Balaban J connectivity index is 1.68. The summed E-state index contributed by atoms with van der Waals surface area (Å²) in [6.07, 6.45) is 6.00. The number of hydrogen-bond acceptors (Lipinski definition) is 5. The molecule has 0 radical (unpaired) electrons. The number of carboxylic acid groups (broad SMARTS) is 1. The van der Waals surface area contributed by atoms with Gasteiger partial charge in [0.1, 0.15) is 5.56 Å². The number of carboxylic acids is 1. The molecule has 1 saturated heterocycles. The van der Waals surface area contributed by atoms with Crippen molar-refractivity contribution in [1.29, 1.82) is 0 Å². The van der Waals surface area contributed by atoms with Crippen LogP contribution >= 0.6 is 0 Å². The maximum atomic E-state index is 10.8. The van der Waals surface area contributed by atoms with Gasteiger partial charge >= 0.3 is 5.97 Å². The third-order valence-electron chi connectivity index (χ3n) is 3.08. The monoisotopic (exact) mass is 254 g/mol. The van der Waals surface area contributed by atoms with Crippen LogP contribution in [0.1, 0.15) is 41.8 Å². The second-order valence-electron chi connectivity index (χ2n) is 4.42. The van der Waals surface area contributed by atoms with Crippen molar-refractivity contribution in [3.05, 3.63) is 17.5 Å². The predicted octanol–water partition coefficient (Wildman–Crippen LogP) is 1.42. The Bertz CT molecular complexity index is 385. The summed E-state index contributed by atoms with van der Waals surface area (Å²) in [7, 11) is 0. The minimum absolute atomic E-state index is 0.122. The van der Waals surface area contributed by atoms with Gasteiger partial charge in [-0.2, -0.15) is 0 Å². The van der Waals surface area contributed by atoms with Crippen molar-refractivity contribution in [3.8, 4) is 0 Å². The second kappa shape index (κ2) is 6.51. The smallest absolute Gasteiger partial charge is 0.341 e. The van der Waals surface area contributed by atoms with Crippen LogP contribution in [0.4, 0.5) is 0 Å². The van der Waals surface area contributed by atoms with Crippen LogP contribution in [0.5, 0.6) is 0 Å². The van der Waals surface area contributed by atoms with Gasteiger partial charge in [-0.1, -0.05) is 5.16 Å². The Morgan fingerprint density at radius 1 is 1.56 bits per heavy atom. The standard InChI is InChI=1S/C12H18N2O4/c15-12(16)10-7-14-18-11(10)8-13-5-4-9-3-1-2-6-17-9/h7,9,13H,1-6,8H2,(H,15,16). The number of carbonyl (C=O) groups is 1. The van der Waals surface area contributed by atoms with Gasteiger partial charge in [-0.05, 0) is 32.2 Å². The molecule has 2 rings (SSSR count). The highest BCUT2D eigenvalue weighted by atomic mass is 16.5. The molecule has 1 aromatic heterocycles. The minimum Gasteiger partial charge on any atom is -0.478 e. The van der Waals surface area contributed by atoms with E-state index in [0.29, 0.717) is 18.4 Å². The predicted molar refractivity (Wildman–Crippen MR) is 63.4 cm³/mol. The van der Waals surface area contributed by atoms with Gasteiger partial charge in [-0.15, -0.1) is 0 Å². The molecule has 1 aliphatic heterocycles. The number of nitrogens with one attached hydrogen (secondary N) is 1. The van der Waals surface area contributed by atoms with Crippen molar-refractivity contribution in [1.82, 2.24) is 10.5 Å². The fourth-order valence-electron chi connectivity index (χ4n) is 2.07. The van der Waals surface area contributed by atoms with E-state index in [9.17, 15) is 4.79 Å². The summed E-state index contributed by atoms with van der Waals surface area (Å²) in [5, 5.41) is 15.5. The average Bonchev–Trinajstić information content (AvgIpc) is 2.84. The maximum absolute atomic E-state index is 10.8. The Morgan fingerprint density at radius 2 is 2.44 bits per heavy atom. The first kappa shape index (κ1) is 13.0. The van der Waals surface area contributed by atoms with Crippen LogP contribution in [0.2, 0.25) is 0 Å². The molecule has 1 fully saturated rings. The van der Waals surface area contributed by atoms with E-state index in [2.05, 4.69) is 10.5 Å². The average molecular weight is 254 g/mol. The van der Waals surface area contributed by atoms with E-state index < -0.39 is 5.97 Å². The third-order valence-corrected chi connectivity index (χ3v) is 3.08. The van der Waals surface area contributed by atoms with Crippen LogP contribution in [0.15, 0.2) is 10.7 Å². The molecule has 0 bridgehead atoms. The number of rotatable bonds is 6. The molecule has 0 aromatic carbocycles. The van der Waals surface area contributed by atoms with E-state index in [1.165, 1.54) is 12.6 Å². The Morgan fingerprint density at radius 3 is 3.17 bits per heavy atom. The molecule has 2 heterocycles. The topological polar surface area (TPSA) is 84.6 Å². The van der Waals surface area contributed by atoms with Gasteiger partial charge in [0.15, 0.2) is 5.76 Å². The van der Waals surface area contributed by atoms with E-state index >= 15 is 0 Å². The zero-order valence-corrected chi connectivity index (χ0v) is 10.2. The van der Waals surface area contributed by atoms with Gasteiger partial charge in [-0.25, -0.2) is 4.79 Å². The summed E-state index contributed by atoms with van der Waals surface area (Å²) in [5.41, 5.74) is 0.122. The summed E-state index contributed by atoms with van der Waals surface area (Å²) in [6.45, 7) is 2.02. The molecule has 18 heavy (non-hydrogen) atoms. The fourth-order valence-corrected chi connectivity index (χ4v) is 2.07. The van der Waals surface area contributed by atoms with Crippen LogP contribution in [0.25, 0.3) is 0 Å². The van der Waals surface area contributed by atoms with E-state index in [1.807, 2.05) is 0 Å². The van der Waals surface area contributed by atoms with Crippen molar-refractivity contribution < 1.29 is 19.2 Å². The summed E-state index contributed by atoms with van der Waals surface area (Å²) in [4.78, 5) is 10.8. The van der Waals surface area contributed by atoms with Crippen molar-refractivity contribution in [2.45, 2.75) is 38.3 Å². The highest BCUT2D eigenvalue weighted by Crippen LogP contribution is 2.15. The lowest BCUT2D eigenvalue weighted by Crippen LogP contribution is -2.25. The molecule has 0 spiro atoms. The van der Waals surface area contributed by atoms with Gasteiger partial charge in [-0.3, -0.25) is 0 Å². The molecular weight excluding hydrogens is 236 g/mol. The molecule has 1 aliphatic rings. The lowest BCUT2D eigenvalue weighted by atomic mass is 10.1. The molecule has 100 valence electrons. The molecule has 1 unspecified atom stereocenters. The first-order valence-electron chi connectivity index (χ1n) is 6.26. The van der Waals surface area contributed by atoms with E-state index in [4.69, 9.17) is 14.4 Å². The molecule has 0 saturated carbocycles. The maximum Gasteiger partial charge on any atom is 0.341 e. The normalized spacial score (nSPS) is 19.9. The van der Waals surface area contributed by atoms with Crippen molar-refractivity contribution in [2.75, 3.05) is 13.2 Å². The lowest BCUT2D eigenvalue weighted by molar-refractivity contribution is 0.0114. The van der Waals surface area contributed by atoms with Gasteiger partial charge < -0.3 is 19.7 Å². The number of aromatic carboxylic acids is 1. The highest BCUT2D eigenvalue weighted by molar-refractivity contribution is 5.88. The fraction of sp³-hybridized carbons (Fsp3) is 0.667. The van der Waals surface area contributed by atoms with Gasteiger partial charge in [0.25, 0.3) is 0 Å². The molecular formula is C12H18N2O4. The van der Waals surface area contributed by atoms with Gasteiger partial charge in [0, 0.05) is 6.61 Å². The van der Waals surface area contributed by atoms with Crippen molar-refractivity contribution in [3.63, 3.8) is 0 Å². The molecule has 0 aliphatic carbocycles. The summed E-state index contributed by atoms with van der Waals surface area (Å²) in [6, 6.07) is 0. The molecule has 1 atom stereocenters. The summed E-state index contributed by atoms with van der Waals surface area (Å²) in [5.74, 6) is -0.643. The van der Waals surface area contributed by atoms with E-state index in [0.717, 1.165) is 32.4 Å². The Kier molecular flexibility index (Phi) is 4.72. The SMILES string of the molecule is O=C(O)c1cnoc1CNCCC1CCCCO1. The summed E-state index contributed by atoms with van der Waals surface area (Å²) >= 11 is 0. The second-order valence-corrected chi connectivity index (χ2v) is 4.42. The summed E-state index contributed by atoms with van der Waals surface area (Å²) < 4.78 is 10.5. The molecule has 2 N–H and O–H groups in total. The van der Waals surface area contributed by atoms with E-state index in [-0.39, 0.29) is 5.56 Å². The van der Waals surface area contributed by atoms with Crippen LogP contribution in [0.3, 0.4) is 0 Å². The van der Waals surface area contributed by atoms with Gasteiger partial charge in [0.2, 0.25) is 0 Å². The highest BCUT2D eigenvalue weighted by Gasteiger charge is 2.15. The van der Waals surface area contributed by atoms with Crippen LogP contribution in [-0.4, -0.2) is 35.5 Å². The minimum atomic E-state index is -1.01. The first-order valence-corrected chi connectivity index (χ1v) is 6.26. The number of aromatic nitrogens is 1. The van der Waals surface area contributed by atoms with Crippen LogP contribution in [0, 0.1) is 0 Å². The zero-order chi connectivity index (χ0) is 12.8. The van der Waals surface area contributed by atoms with Crippen molar-refractivity contribution in [2.24, 2.45) is 0 Å². The first-order chi connectivity index (χ1) is 8.77. The molecule has 6 heteroatoms. The number of hydrogen-bond donors (Lipinski definition) is 2. The molecule has 6 nitrogen and oxygen atoms in total. The zero-order valence-electron chi connectivity index (χ0n) is 10.2. The van der Waals surface area contributed by atoms with Crippen LogP contribution < -0.4 is 5.32 Å². The Hall–Kier alpha value is -1.40.